The minimum absolute atomic E-state index is 0.0320. The van der Waals surface area contributed by atoms with Crippen LogP contribution in [0.3, 0.4) is 0 Å². The summed E-state index contributed by atoms with van der Waals surface area (Å²) in [5.41, 5.74) is 0.0320. The molecule has 2 rings (SSSR count). The molecule has 2 atom stereocenters. The molecule has 25 heavy (non-hydrogen) atoms. The van der Waals surface area contributed by atoms with Crippen LogP contribution in [0.1, 0.15) is 24.3 Å². The minimum atomic E-state index is -2.72. The molecule has 1 amide bonds. The smallest absolute Gasteiger partial charge is 0.253 e. The normalized spacial score (nSPS) is 18.4. The first-order valence-electron chi connectivity index (χ1n) is 7.80. The number of aromatic hydroxyl groups is 1. The number of alkyl halides is 2. The fourth-order valence-electron chi connectivity index (χ4n) is 3.18. The van der Waals surface area contributed by atoms with Crippen LogP contribution in [0, 0.1) is 5.92 Å². The highest BCUT2D eigenvalue weighted by molar-refractivity contribution is 6.42. The van der Waals surface area contributed by atoms with Crippen molar-refractivity contribution in [2.45, 2.75) is 31.3 Å². The molecular weight excluding hydrogens is 379 g/mol. The van der Waals surface area contributed by atoms with E-state index in [-0.39, 0.29) is 47.3 Å². The molecule has 3 N–H and O–H groups in total. The molecule has 1 aromatic carbocycles. The number of piperidine rings is 1. The van der Waals surface area contributed by atoms with Gasteiger partial charge in [0.05, 0.1) is 22.6 Å². The second-order valence-electron chi connectivity index (χ2n) is 6.05. The van der Waals surface area contributed by atoms with Crippen molar-refractivity contribution in [3.63, 3.8) is 0 Å². The van der Waals surface area contributed by atoms with Gasteiger partial charge in [0.2, 0.25) is 6.43 Å². The second-order valence-corrected chi connectivity index (χ2v) is 6.86. The van der Waals surface area contributed by atoms with Crippen LogP contribution in [-0.2, 0) is 4.79 Å². The van der Waals surface area contributed by atoms with E-state index >= 15 is 0 Å². The summed E-state index contributed by atoms with van der Waals surface area (Å²) < 4.78 is 27.4. The molecule has 140 valence electrons. The lowest BCUT2D eigenvalue weighted by molar-refractivity contribution is -0.143. The van der Waals surface area contributed by atoms with Gasteiger partial charge in [-0.15, -0.1) is 0 Å². The molecule has 9 heteroatoms. The van der Waals surface area contributed by atoms with Crippen LogP contribution in [0.4, 0.5) is 8.78 Å². The standard InChI is InChI=1S/C16H19Cl2F2NO4/c17-10-5-9(12(23)6-11(10)18)14(15(19)20)8-1-3-21(4-2-8)16(25)13(24)7-22/h5-6,8,13-15,22-24H,1-4,7H2. The van der Waals surface area contributed by atoms with Crippen molar-refractivity contribution in [1.29, 1.82) is 0 Å². The number of aliphatic hydroxyl groups excluding tert-OH is 2. The lowest BCUT2D eigenvalue weighted by atomic mass is 9.79. The predicted octanol–water partition coefficient (Wildman–Crippen LogP) is 2.64. The van der Waals surface area contributed by atoms with Gasteiger partial charge in [-0.1, -0.05) is 23.2 Å². The number of amides is 1. The Morgan fingerprint density at radius 3 is 2.32 bits per heavy atom. The number of carbonyl (C=O) groups is 1. The van der Waals surface area contributed by atoms with E-state index in [9.17, 15) is 23.8 Å². The molecule has 1 saturated heterocycles. The Bertz CT molecular complexity index is 624. The van der Waals surface area contributed by atoms with Gasteiger partial charge in [-0.3, -0.25) is 4.79 Å². The Balaban J connectivity index is 2.16. The number of aliphatic hydroxyl groups is 2. The van der Waals surface area contributed by atoms with Crippen LogP contribution in [0.5, 0.6) is 5.75 Å². The Morgan fingerprint density at radius 2 is 1.80 bits per heavy atom. The molecule has 1 fully saturated rings. The number of nitrogens with zero attached hydrogens (tertiary/aromatic N) is 1. The Morgan fingerprint density at radius 1 is 1.24 bits per heavy atom. The monoisotopic (exact) mass is 397 g/mol. The van der Waals surface area contributed by atoms with Gasteiger partial charge in [0, 0.05) is 24.7 Å². The number of phenols is 1. The molecule has 1 heterocycles. The minimum Gasteiger partial charge on any atom is -0.508 e. The number of hydrogen-bond donors (Lipinski definition) is 3. The molecule has 0 spiro atoms. The molecule has 1 aliphatic heterocycles. The lowest BCUT2D eigenvalue weighted by Crippen LogP contribution is -2.46. The average Bonchev–Trinajstić information content (AvgIpc) is 2.58. The third-order valence-corrected chi connectivity index (χ3v) is 5.24. The van der Waals surface area contributed by atoms with Crippen molar-refractivity contribution < 1.29 is 28.9 Å². The molecule has 0 bridgehead atoms. The van der Waals surface area contributed by atoms with Crippen molar-refractivity contribution in [3.8, 4) is 5.75 Å². The fraction of sp³-hybridized carbons (Fsp3) is 0.562. The Hall–Kier alpha value is -1.15. The SMILES string of the molecule is O=C(C(O)CO)N1CCC(C(c2cc(Cl)c(Cl)cc2O)C(F)F)CC1. The molecule has 1 aliphatic rings. The maximum Gasteiger partial charge on any atom is 0.253 e. The van der Waals surface area contributed by atoms with Gasteiger partial charge in [-0.25, -0.2) is 8.78 Å². The third-order valence-electron chi connectivity index (χ3n) is 4.52. The van der Waals surface area contributed by atoms with Crippen molar-refractivity contribution in [2.24, 2.45) is 5.92 Å². The topological polar surface area (TPSA) is 81.0 Å². The Kier molecular flexibility index (Phi) is 6.85. The van der Waals surface area contributed by atoms with Crippen molar-refractivity contribution >= 4 is 29.1 Å². The van der Waals surface area contributed by atoms with E-state index in [0.717, 1.165) is 6.07 Å². The summed E-state index contributed by atoms with van der Waals surface area (Å²) >= 11 is 11.7. The van der Waals surface area contributed by atoms with Gasteiger partial charge >= 0.3 is 0 Å². The third kappa shape index (κ3) is 4.53. The molecule has 0 saturated carbocycles. The molecule has 1 aromatic rings. The number of hydrogen-bond acceptors (Lipinski definition) is 4. The summed E-state index contributed by atoms with van der Waals surface area (Å²) in [6, 6.07) is 2.40. The maximum absolute atomic E-state index is 13.7. The molecule has 2 unspecified atom stereocenters. The van der Waals surface area contributed by atoms with Crippen LogP contribution in [0.25, 0.3) is 0 Å². The quantitative estimate of drug-likeness (QED) is 0.713. The number of benzene rings is 1. The molecule has 0 aromatic heterocycles. The Labute approximate surface area is 153 Å². The summed E-state index contributed by atoms with van der Waals surface area (Å²) in [6.45, 7) is -0.312. The van der Waals surface area contributed by atoms with Crippen molar-refractivity contribution in [2.75, 3.05) is 19.7 Å². The van der Waals surface area contributed by atoms with E-state index in [1.807, 2.05) is 0 Å². The first kappa shape index (κ1) is 20.2. The van der Waals surface area contributed by atoms with E-state index in [2.05, 4.69) is 0 Å². The number of halogens is 4. The first-order chi connectivity index (χ1) is 11.8. The van der Waals surface area contributed by atoms with Crippen molar-refractivity contribution in [3.05, 3.63) is 27.7 Å². The van der Waals surface area contributed by atoms with E-state index in [4.69, 9.17) is 28.3 Å². The number of carbonyl (C=O) groups excluding carboxylic acids is 1. The zero-order valence-electron chi connectivity index (χ0n) is 13.2. The lowest BCUT2D eigenvalue weighted by Gasteiger charge is -2.36. The summed E-state index contributed by atoms with van der Waals surface area (Å²) in [7, 11) is 0. The predicted molar refractivity (Wildman–Crippen MR) is 89.3 cm³/mol. The van der Waals surface area contributed by atoms with Crippen molar-refractivity contribution in [1.82, 2.24) is 4.90 Å². The highest BCUT2D eigenvalue weighted by atomic mass is 35.5. The second kappa shape index (κ2) is 8.49. The summed E-state index contributed by atoms with van der Waals surface area (Å²) in [5.74, 6) is -2.67. The number of phenolic OH excluding ortho intramolecular Hbond substituents is 1. The highest BCUT2D eigenvalue weighted by Gasteiger charge is 2.37. The van der Waals surface area contributed by atoms with E-state index in [1.165, 1.54) is 11.0 Å². The summed E-state index contributed by atoms with van der Waals surface area (Å²) in [4.78, 5) is 13.2. The van der Waals surface area contributed by atoms with E-state index in [1.54, 1.807) is 0 Å². The van der Waals surface area contributed by atoms with Crippen LogP contribution >= 0.6 is 23.2 Å². The highest BCUT2D eigenvalue weighted by Crippen LogP contribution is 2.43. The van der Waals surface area contributed by atoms with Gasteiger partial charge in [0.25, 0.3) is 5.91 Å². The summed E-state index contributed by atoms with van der Waals surface area (Å²) in [5, 5.41) is 28.4. The molecule has 5 nitrogen and oxygen atoms in total. The van der Waals surface area contributed by atoms with Gasteiger partial charge < -0.3 is 20.2 Å². The van der Waals surface area contributed by atoms with Gasteiger partial charge in [0.1, 0.15) is 5.75 Å². The zero-order valence-corrected chi connectivity index (χ0v) is 14.7. The van der Waals surface area contributed by atoms with Gasteiger partial charge in [-0.2, -0.15) is 0 Å². The van der Waals surface area contributed by atoms with E-state index < -0.39 is 36.9 Å². The van der Waals surface area contributed by atoms with E-state index in [0.29, 0.717) is 0 Å². The van der Waals surface area contributed by atoms with Gasteiger partial charge in [0.15, 0.2) is 6.10 Å². The van der Waals surface area contributed by atoms with Gasteiger partial charge in [-0.05, 0) is 24.8 Å². The van der Waals surface area contributed by atoms with Crippen LogP contribution < -0.4 is 0 Å². The first-order valence-corrected chi connectivity index (χ1v) is 8.55. The summed E-state index contributed by atoms with van der Waals surface area (Å²) in [6.07, 6.45) is -3.67. The average molecular weight is 398 g/mol. The van der Waals surface area contributed by atoms with Crippen LogP contribution in [0.2, 0.25) is 10.0 Å². The zero-order chi connectivity index (χ0) is 18.7. The fourth-order valence-corrected chi connectivity index (χ4v) is 3.51. The largest absolute Gasteiger partial charge is 0.508 e. The number of rotatable bonds is 5. The van der Waals surface area contributed by atoms with Crippen LogP contribution in [0.15, 0.2) is 12.1 Å². The molecule has 0 radical (unpaired) electrons. The van der Waals surface area contributed by atoms with Crippen LogP contribution in [-0.4, -0.2) is 58.4 Å². The molecular formula is C16H19Cl2F2NO4. The number of likely N-dealkylation sites (tertiary alicyclic amines) is 1. The maximum atomic E-state index is 13.7. The molecule has 0 aliphatic carbocycles.